The topological polar surface area (TPSA) is 41.3 Å². The summed E-state index contributed by atoms with van der Waals surface area (Å²) in [5.41, 5.74) is 0.943. The molecule has 0 aromatic rings. The number of likely N-dealkylation sites (N-methyl/N-ethyl adjacent to an activating group) is 1. The van der Waals surface area contributed by atoms with Gasteiger partial charge in [-0.15, -0.1) is 0 Å². The van der Waals surface area contributed by atoms with Crippen molar-refractivity contribution in [2.75, 3.05) is 20.2 Å². The highest BCUT2D eigenvalue weighted by molar-refractivity contribution is 5.77. The average molecular weight is 338 g/mol. The van der Waals surface area contributed by atoms with Crippen molar-refractivity contribution in [3.8, 4) is 0 Å². The van der Waals surface area contributed by atoms with E-state index in [9.17, 15) is 4.79 Å². The minimum atomic E-state index is -0.0853. The van der Waals surface area contributed by atoms with Crippen molar-refractivity contribution in [2.24, 2.45) is 11.8 Å². The molecule has 0 aliphatic heterocycles. The van der Waals surface area contributed by atoms with Crippen molar-refractivity contribution in [3.63, 3.8) is 0 Å². The van der Waals surface area contributed by atoms with Gasteiger partial charge >= 0.3 is 0 Å². The van der Waals surface area contributed by atoms with Crippen molar-refractivity contribution < 1.29 is 14.1 Å². The molecule has 3 unspecified atom stereocenters. The highest BCUT2D eigenvalue weighted by Gasteiger charge is 2.17. The van der Waals surface area contributed by atoms with Crippen molar-refractivity contribution in [2.45, 2.75) is 60.0 Å². The Morgan fingerprint density at radius 1 is 1.25 bits per heavy atom. The Kier molecular flexibility index (Phi) is 12.2. The van der Waals surface area contributed by atoms with Gasteiger partial charge < -0.3 is 10.1 Å². The first-order valence-electron chi connectivity index (χ1n) is 9.09. The third kappa shape index (κ3) is 9.66. The van der Waals surface area contributed by atoms with Gasteiger partial charge in [-0.05, 0) is 31.6 Å². The zero-order valence-electron chi connectivity index (χ0n) is 16.5. The molecule has 0 saturated carbocycles. The molecule has 24 heavy (non-hydrogen) atoms. The summed E-state index contributed by atoms with van der Waals surface area (Å²) < 4.78 is 7.57. The van der Waals surface area contributed by atoms with Crippen molar-refractivity contribution in [1.82, 2.24) is 5.32 Å². The van der Waals surface area contributed by atoms with E-state index in [-0.39, 0.29) is 18.6 Å². The molecule has 0 bridgehead atoms. The van der Waals surface area contributed by atoms with Gasteiger partial charge in [-0.3, -0.25) is 4.79 Å². The molecule has 0 radical (unpaired) electrons. The van der Waals surface area contributed by atoms with E-state index in [0.717, 1.165) is 18.5 Å². The van der Waals surface area contributed by atoms with Crippen molar-refractivity contribution >= 4 is 12.6 Å². The Morgan fingerprint density at radius 3 is 2.42 bits per heavy atom. The molecule has 0 aromatic heterocycles. The average Bonchev–Trinajstić information content (AvgIpc) is 2.56. The molecule has 0 spiro atoms. The van der Waals surface area contributed by atoms with E-state index < -0.39 is 0 Å². The maximum atomic E-state index is 12.0. The lowest BCUT2D eigenvalue weighted by Crippen LogP contribution is -2.33. The highest BCUT2D eigenvalue weighted by Crippen LogP contribution is 2.22. The van der Waals surface area contributed by atoms with Crippen molar-refractivity contribution in [3.05, 3.63) is 23.9 Å². The Morgan fingerprint density at radius 2 is 1.92 bits per heavy atom. The second-order valence-corrected chi connectivity index (χ2v) is 6.60. The van der Waals surface area contributed by atoms with E-state index in [1.165, 1.54) is 6.42 Å². The standard InChI is InChI=1S/C20H36N2O2/c1-8-11-12-18(22(6)7)14-21-20(23)15-24-19(10-3)13-17(5)16(4)9-2/h8,11-12,16-17,19H,6,9-10,13-15H2,1-5,7H3/p+1. The lowest BCUT2D eigenvalue weighted by Gasteiger charge is -2.24. The number of hydrogen-bond acceptors (Lipinski definition) is 2. The summed E-state index contributed by atoms with van der Waals surface area (Å²) in [6.45, 7) is 15.3. The molecule has 0 saturated heterocycles. The van der Waals surface area contributed by atoms with Crippen LogP contribution in [0.5, 0.6) is 0 Å². The quantitative estimate of drug-likeness (QED) is 0.334. The van der Waals surface area contributed by atoms with Gasteiger partial charge in [-0.25, -0.2) is 4.58 Å². The Hall–Kier alpha value is -1.42. The SMILES string of the molecule is C=[N+](C)C(=CC=CC)CNC(=O)COC(CC)CC(C)C(C)CC. The first kappa shape index (κ1) is 22.6. The summed E-state index contributed by atoms with van der Waals surface area (Å²) in [5, 5.41) is 2.89. The predicted molar refractivity (Wildman–Crippen MR) is 102 cm³/mol. The van der Waals surface area contributed by atoms with E-state index >= 15 is 0 Å². The van der Waals surface area contributed by atoms with Crippen LogP contribution in [0.4, 0.5) is 0 Å². The Labute approximate surface area is 148 Å². The number of nitrogens with zero attached hydrogens (tertiary/aromatic N) is 1. The number of rotatable bonds is 12. The maximum Gasteiger partial charge on any atom is 0.246 e. The predicted octanol–water partition coefficient (Wildman–Crippen LogP) is 3.77. The largest absolute Gasteiger partial charge is 0.368 e. The molecule has 4 nitrogen and oxygen atoms in total. The molecule has 138 valence electrons. The molecule has 0 aromatic carbocycles. The Bertz CT molecular complexity index is 441. The summed E-state index contributed by atoms with van der Waals surface area (Å²) in [5.74, 6) is 1.21. The summed E-state index contributed by atoms with van der Waals surface area (Å²) in [6.07, 6.45) is 9.08. The molecular formula is C20H37N2O2+. The van der Waals surface area contributed by atoms with Crippen LogP contribution >= 0.6 is 0 Å². The molecule has 1 amide bonds. The van der Waals surface area contributed by atoms with Crippen LogP contribution in [0.2, 0.25) is 0 Å². The van der Waals surface area contributed by atoms with Crippen LogP contribution in [0, 0.1) is 11.8 Å². The molecule has 0 heterocycles. The van der Waals surface area contributed by atoms with Gasteiger partial charge in [0.2, 0.25) is 5.91 Å². The fraction of sp³-hybridized carbons (Fsp3) is 0.700. The number of allylic oxidation sites excluding steroid dienone is 3. The van der Waals surface area contributed by atoms with E-state index in [2.05, 4.69) is 39.7 Å². The van der Waals surface area contributed by atoms with Gasteiger partial charge in [0, 0.05) is 6.08 Å². The second-order valence-electron chi connectivity index (χ2n) is 6.60. The summed E-state index contributed by atoms with van der Waals surface area (Å²) >= 11 is 0. The van der Waals surface area contributed by atoms with Crippen LogP contribution in [0.15, 0.2) is 23.9 Å². The minimum absolute atomic E-state index is 0.0853. The van der Waals surface area contributed by atoms with E-state index in [4.69, 9.17) is 4.74 Å². The number of nitrogens with one attached hydrogen (secondary N) is 1. The number of amides is 1. The molecule has 4 heteroatoms. The lowest BCUT2D eigenvalue weighted by molar-refractivity contribution is -0.435. The fourth-order valence-electron chi connectivity index (χ4n) is 2.36. The number of hydrogen-bond donors (Lipinski definition) is 1. The highest BCUT2D eigenvalue weighted by atomic mass is 16.5. The van der Waals surface area contributed by atoms with E-state index in [1.807, 2.05) is 32.2 Å². The van der Waals surface area contributed by atoms with Gasteiger partial charge in [0.25, 0.3) is 0 Å². The van der Waals surface area contributed by atoms with Gasteiger partial charge in [0.1, 0.15) is 26.9 Å². The number of ether oxygens (including phenoxy) is 1. The first-order valence-corrected chi connectivity index (χ1v) is 9.09. The van der Waals surface area contributed by atoms with Gasteiger partial charge in [0.05, 0.1) is 6.10 Å². The van der Waals surface area contributed by atoms with Gasteiger partial charge in [0.15, 0.2) is 5.70 Å². The molecule has 1 N–H and O–H groups in total. The smallest absolute Gasteiger partial charge is 0.246 e. The van der Waals surface area contributed by atoms with Crippen molar-refractivity contribution in [1.29, 1.82) is 0 Å². The molecule has 3 atom stereocenters. The molecule has 0 rings (SSSR count). The van der Waals surface area contributed by atoms with Crippen LogP contribution in [-0.2, 0) is 9.53 Å². The normalized spacial score (nSPS) is 16.0. The monoisotopic (exact) mass is 337 g/mol. The summed E-state index contributed by atoms with van der Waals surface area (Å²) in [4.78, 5) is 12.0. The molecule has 0 aliphatic carbocycles. The van der Waals surface area contributed by atoms with Crippen LogP contribution in [0.3, 0.4) is 0 Å². The molecular weight excluding hydrogens is 300 g/mol. The lowest BCUT2D eigenvalue weighted by atomic mass is 9.88. The number of carbonyl (C=O) groups is 1. The zero-order valence-corrected chi connectivity index (χ0v) is 16.5. The third-order valence-corrected chi connectivity index (χ3v) is 4.59. The Balaban J connectivity index is 4.33. The fourth-order valence-corrected chi connectivity index (χ4v) is 2.36. The molecule has 0 fully saturated rings. The van der Waals surface area contributed by atoms with Gasteiger partial charge in [-0.1, -0.05) is 46.3 Å². The first-order chi connectivity index (χ1) is 11.3. The zero-order chi connectivity index (χ0) is 18.5. The van der Waals surface area contributed by atoms with E-state index in [1.54, 1.807) is 4.58 Å². The summed E-state index contributed by atoms with van der Waals surface area (Å²) in [6, 6.07) is 0. The second kappa shape index (κ2) is 12.9. The maximum absolute atomic E-state index is 12.0. The minimum Gasteiger partial charge on any atom is -0.368 e. The van der Waals surface area contributed by atoms with E-state index in [0.29, 0.717) is 18.4 Å². The summed E-state index contributed by atoms with van der Waals surface area (Å²) in [7, 11) is 1.86. The molecule has 0 aliphatic rings. The van der Waals surface area contributed by atoms with Gasteiger partial charge in [-0.2, -0.15) is 0 Å². The third-order valence-electron chi connectivity index (χ3n) is 4.59. The van der Waals surface area contributed by atoms with Crippen LogP contribution in [0.25, 0.3) is 0 Å². The van der Waals surface area contributed by atoms with Crippen LogP contribution < -0.4 is 5.32 Å². The van der Waals surface area contributed by atoms with Crippen LogP contribution in [-0.4, -0.2) is 43.5 Å². The van der Waals surface area contributed by atoms with Crippen LogP contribution in [0.1, 0.15) is 53.9 Å². The number of carbonyl (C=O) groups excluding carboxylic acids is 1.